The van der Waals surface area contributed by atoms with Crippen LogP contribution in [0.5, 0.6) is 0 Å². The van der Waals surface area contributed by atoms with E-state index in [0.717, 1.165) is 17.5 Å². The van der Waals surface area contributed by atoms with Gasteiger partial charge in [-0.3, -0.25) is 9.97 Å². The van der Waals surface area contributed by atoms with Crippen molar-refractivity contribution < 1.29 is 0 Å². The monoisotopic (exact) mass is 157 g/mol. The summed E-state index contributed by atoms with van der Waals surface area (Å²) in [5.41, 5.74) is 3.08. The molecule has 1 radical (unpaired) electrons. The minimum absolute atomic E-state index is 0.798. The Morgan fingerprint density at radius 2 is 1.83 bits per heavy atom. The summed E-state index contributed by atoms with van der Waals surface area (Å²) in [6.45, 7) is 3.81. The van der Waals surface area contributed by atoms with Crippen molar-refractivity contribution in [1.82, 2.24) is 9.97 Å². The first-order valence-corrected chi connectivity index (χ1v) is 3.89. The van der Waals surface area contributed by atoms with E-state index >= 15 is 0 Å². The van der Waals surface area contributed by atoms with Gasteiger partial charge < -0.3 is 0 Å². The number of rotatable bonds is 1. The second-order valence-electron chi connectivity index (χ2n) is 2.63. The number of hydrogen-bond acceptors (Lipinski definition) is 2. The van der Waals surface area contributed by atoms with E-state index in [-0.39, 0.29) is 0 Å². The van der Waals surface area contributed by atoms with E-state index in [1.165, 1.54) is 5.56 Å². The Bertz CT molecular complexity index is 396. The molecule has 59 valence electrons. The van der Waals surface area contributed by atoms with Crippen molar-refractivity contribution in [3.63, 3.8) is 0 Å². The smallest absolute Gasteiger partial charge is 0.0889 e. The maximum Gasteiger partial charge on any atom is 0.0889 e. The lowest BCUT2D eigenvalue weighted by molar-refractivity contribution is 1.24. The fraction of sp³-hybridized carbons (Fsp3) is 0.100. The molecule has 2 aromatic rings. The van der Waals surface area contributed by atoms with Crippen LogP contribution in [-0.2, 0) is 6.42 Å². The number of hydrogen-bond donors (Lipinski definition) is 0. The second-order valence-corrected chi connectivity index (χ2v) is 2.63. The predicted octanol–water partition coefficient (Wildman–Crippen LogP) is 2.01. The molecule has 0 amide bonds. The predicted molar refractivity (Wildman–Crippen MR) is 48.6 cm³/mol. The van der Waals surface area contributed by atoms with Crippen LogP contribution >= 0.6 is 0 Å². The van der Waals surface area contributed by atoms with Crippen molar-refractivity contribution in [3.8, 4) is 0 Å². The Balaban J connectivity index is 2.67. The summed E-state index contributed by atoms with van der Waals surface area (Å²) in [6, 6.07) is 6.03. The maximum absolute atomic E-state index is 4.20. The van der Waals surface area contributed by atoms with E-state index in [4.69, 9.17) is 0 Å². The fourth-order valence-electron chi connectivity index (χ4n) is 1.16. The van der Waals surface area contributed by atoms with Gasteiger partial charge in [-0.15, -0.1) is 0 Å². The molecule has 0 aliphatic heterocycles. The topological polar surface area (TPSA) is 25.8 Å². The summed E-state index contributed by atoms with van der Waals surface area (Å²) in [6.07, 6.45) is 4.20. The third kappa shape index (κ3) is 1.16. The Morgan fingerprint density at radius 3 is 2.58 bits per heavy atom. The van der Waals surface area contributed by atoms with E-state index < -0.39 is 0 Å². The molecule has 2 heteroatoms. The third-order valence-corrected chi connectivity index (χ3v) is 1.82. The molecule has 0 bridgehead atoms. The van der Waals surface area contributed by atoms with Gasteiger partial charge in [0.05, 0.1) is 11.0 Å². The molecule has 0 unspecified atom stereocenters. The van der Waals surface area contributed by atoms with E-state index in [0.29, 0.717) is 0 Å². The van der Waals surface area contributed by atoms with Crippen LogP contribution in [0.2, 0.25) is 0 Å². The molecular weight excluding hydrogens is 148 g/mol. The van der Waals surface area contributed by atoms with E-state index in [1.54, 1.807) is 12.4 Å². The largest absolute Gasteiger partial charge is 0.253 e. The minimum Gasteiger partial charge on any atom is -0.253 e. The molecule has 0 aliphatic carbocycles. The number of nitrogens with zero attached hydrogens (tertiary/aromatic N) is 2. The van der Waals surface area contributed by atoms with Crippen molar-refractivity contribution in [3.05, 3.63) is 43.1 Å². The molecule has 0 saturated carbocycles. The zero-order chi connectivity index (χ0) is 8.39. The van der Waals surface area contributed by atoms with Crippen LogP contribution in [0.15, 0.2) is 30.6 Å². The zero-order valence-corrected chi connectivity index (χ0v) is 6.70. The highest BCUT2D eigenvalue weighted by molar-refractivity contribution is 5.74. The van der Waals surface area contributed by atoms with Gasteiger partial charge in [0.1, 0.15) is 0 Å². The lowest BCUT2D eigenvalue weighted by atomic mass is 10.1. The molecule has 1 aromatic heterocycles. The van der Waals surface area contributed by atoms with Crippen molar-refractivity contribution >= 4 is 11.0 Å². The molecule has 0 saturated heterocycles. The molecule has 12 heavy (non-hydrogen) atoms. The van der Waals surface area contributed by atoms with Gasteiger partial charge in [-0.05, 0) is 31.0 Å². The number of benzene rings is 1. The van der Waals surface area contributed by atoms with Crippen LogP contribution < -0.4 is 0 Å². The van der Waals surface area contributed by atoms with Crippen LogP contribution in [0.1, 0.15) is 5.56 Å². The SMILES string of the molecule is [CH2]Cc1ccc2nccnc2c1. The zero-order valence-electron chi connectivity index (χ0n) is 6.70. The highest BCUT2D eigenvalue weighted by Crippen LogP contribution is 2.10. The molecule has 2 nitrogen and oxygen atoms in total. The van der Waals surface area contributed by atoms with Gasteiger partial charge in [0.2, 0.25) is 0 Å². The van der Waals surface area contributed by atoms with Crippen LogP contribution in [0.3, 0.4) is 0 Å². The molecule has 1 heterocycles. The highest BCUT2D eigenvalue weighted by atomic mass is 14.8. The first-order chi connectivity index (χ1) is 5.90. The van der Waals surface area contributed by atoms with Gasteiger partial charge in [-0.2, -0.15) is 0 Å². The Labute approximate surface area is 71.3 Å². The van der Waals surface area contributed by atoms with Crippen LogP contribution in [0.25, 0.3) is 11.0 Å². The summed E-state index contributed by atoms with van der Waals surface area (Å²) in [4.78, 5) is 8.37. The molecule has 0 aliphatic rings. The fourth-order valence-corrected chi connectivity index (χ4v) is 1.16. The van der Waals surface area contributed by atoms with Gasteiger partial charge in [0.25, 0.3) is 0 Å². The average molecular weight is 157 g/mol. The summed E-state index contributed by atoms with van der Waals surface area (Å²) in [5, 5.41) is 0. The van der Waals surface area contributed by atoms with Crippen molar-refractivity contribution in [2.45, 2.75) is 6.42 Å². The van der Waals surface area contributed by atoms with Crippen LogP contribution in [-0.4, -0.2) is 9.97 Å². The van der Waals surface area contributed by atoms with Gasteiger partial charge in [0.15, 0.2) is 0 Å². The van der Waals surface area contributed by atoms with E-state index in [1.807, 2.05) is 18.2 Å². The normalized spacial score (nSPS) is 10.4. The molecule has 1 aromatic carbocycles. The highest BCUT2D eigenvalue weighted by Gasteiger charge is 1.94. The third-order valence-electron chi connectivity index (χ3n) is 1.82. The van der Waals surface area contributed by atoms with E-state index in [2.05, 4.69) is 16.9 Å². The van der Waals surface area contributed by atoms with Crippen molar-refractivity contribution in [2.24, 2.45) is 0 Å². The number of fused-ring (bicyclic) bond motifs is 1. The molecule has 0 N–H and O–H groups in total. The standard InChI is InChI=1S/C10H9N2/c1-2-8-3-4-9-10(7-8)12-6-5-11-9/h3-7H,1-2H2. The first kappa shape index (κ1) is 7.22. The summed E-state index contributed by atoms with van der Waals surface area (Å²) >= 11 is 0. The second kappa shape index (κ2) is 2.89. The summed E-state index contributed by atoms with van der Waals surface area (Å²) in [7, 11) is 0. The molecule has 0 spiro atoms. The van der Waals surface area contributed by atoms with Crippen molar-refractivity contribution in [2.75, 3.05) is 0 Å². The lowest BCUT2D eigenvalue weighted by Gasteiger charge is -1.97. The minimum atomic E-state index is 0.798. The van der Waals surface area contributed by atoms with Gasteiger partial charge in [0, 0.05) is 12.4 Å². The summed E-state index contributed by atoms with van der Waals surface area (Å²) < 4.78 is 0. The van der Waals surface area contributed by atoms with Gasteiger partial charge in [-0.1, -0.05) is 6.07 Å². The number of aromatic nitrogens is 2. The molecule has 0 atom stereocenters. The summed E-state index contributed by atoms with van der Waals surface area (Å²) in [5.74, 6) is 0. The van der Waals surface area contributed by atoms with Crippen LogP contribution in [0.4, 0.5) is 0 Å². The van der Waals surface area contributed by atoms with Gasteiger partial charge in [-0.25, -0.2) is 0 Å². The van der Waals surface area contributed by atoms with Crippen LogP contribution in [0, 0.1) is 6.92 Å². The lowest BCUT2D eigenvalue weighted by Crippen LogP contribution is -1.84. The Kier molecular flexibility index (Phi) is 1.74. The quantitative estimate of drug-likeness (QED) is 0.632. The molecular formula is C10H9N2. The maximum atomic E-state index is 4.20. The van der Waals surface area contributed by atoms with Gasteiger partial charge >= 0.3 is 0 Å². The molecule has 0 fully saturated rings. The Hall–Kier alpha value is -1.44. The average Bonchev–Trinajstić information content (AvgIpc) is 2.17. The molecule has 2 rings (SSSR count). The van der Waals surface area contributed by atoms with E-state index in [9.17, 15) is 0 Å². The Morgan fingerprint density at radius 1 is 1.08 bits per heavy atom. The first-order valence-electron chi connectivity index (χ1n) is 3.89. The van der Waals surface area contributed by atoms with Crippen molar-refractivity contribution in [1.29, 1.82) is 0 Å².